The van der Waals surface area contributed by atoms with E-state index in [-0.39, 0.29) is 0 Å². The summed E-state index contributed by atoms with van der Waals surface area (Å²) >= 11 is 1.65. The normalized spacial score (nSPS) is 10.2. The number of pyridine rings is 1. The van der Waals surface area contributed by atoms with Gasteiger partial charge in [0.25, 0.3) is 0 Å². The summed E-state index contributed by atoms with van der Waals surface area (Å²) in [5.41, 5.74) is 8.59. The molecule has 2 N–H and O–H groups in total. The van der Waals surface area contributed by atoms with E-state index in [2.05, 4.69) is 4.98 Å². The summed E-state index contributed by atoms with van der Waals surface area (Å²) in [6.07, 6.45) is 1.84. The van der Waals surface area contributed by atoms with Crippen molar-refractivity contribution in [2.75, 3.05) is 5.73 Å². The van der Waals surface area contributed by atoms with Crippen LogP contribution in [0.3, 0.4) is 0 Å². The van der Waals surface area contributed by atoms with Crippen LogP contribution in [0.5, 0.6) is 0 Å². The van der Waals surface area contributed by atoms with Crippen LogP contribution in [0.25, 0.3) is 10.6 Å². The van der Waals surface area contributed by atoms with Crippen LogP contribution < -0.4 is 5.73 Å². The van der Waals surface area contributed by atoms with E-state index < -0.39 is 0 Å². The third-order valence-electron chi connectivity index (χ3n) is 1.81. The van der Waals surface area contributed by atoms with E-state index in [1.54, 1.807) is 11.3 Å². The van der Waals surface area contributed by atoms with Gasteiger partial charge in [-0.15, -0.1) is 11.3 Å². The minimum absolute atomic E-state index is 0.752. The Labute approximate surface area is 81.1 Å². The van der Waals surface area contributed by atoms with Gasteiger partial charge in [0.1, 0.15) is 5.69 Å². The van der Waals surface area contributed by atoms with Crippen molar-refractivity contribution in [1.82, 2.24) is 4.98 Å². The third kappa shape index (κ3) is 1.55. The van der Waals surface area contributed by atoms with Gasteiger partial charge in [0.05, 0.1) is 10.6 Å². The lowest BCUT2D eigenvalue weighted by atomic mass is 10.2. The molecule has 0 aliphatic rings. The number of hydrogen-bond acceptors (Lipinski definition) is 3. The standard InChI is InChI=1S/C10H10N2S/c1-7-5-8(11)10(12-6-7)9-3-2-4-13-9/h2-6H,11H2,1H3. The molecule has 13 heavy (non-hydrogen) atoms. The van der Waals surface area contributed by atoms with Crippen molar-refractivity contribution < 1.29 is 0 Å². The fourth-order valence-corrected chi connectivity index (χ4v) is 1.95. The molecule has 2 rings (SSSR count). The number of thiophene rings is 1. The van der Waals surface area contributed by atoms with E-state index in [0.29, 0.717) is 0 Å². The number of nitrogens with two attached hydrogens (primary N) is 1. The molecule has 0 saturated carbocycles. The Morgan fingerprint density at radius 2 is 2.31 bits per heavy atom. The Bertz CT molecular complexity index is 407. The number of nitrogens with zero attached hydrogens (tertiary/aromatic N) is 1. The molecule has 0 aliphatic carbocycles. The fraction of sp³-hybridized carbons (Fsp3) is 0.100. The molecular formula is C10H10N2S. The molecule has 2 aromatic rings. The van der Waals surface area contributed by atoms with Crippen molar-refractivity contribution in [2.45, 2.75) is 6.92 Å². The molecule has 2 nitrogen and oxygen atoms in total. The average Bonchev–Trinajstić information content (AvgIpc) is 2.56. The molecular weight excluding hydrogens is 180 g/mol. The van der Waals surface area contributed by atoms with E-state index in [4.69, 9.17) is 5.73 Å². The monoisotopic (exact) mass is 190 g/mol. The molecule has 0 saturated heterocycles. The van der Waals surface area contributed by atoms with Crippen LogP contribution in [0.15, 0.2) is 29.8 Å². The first kappa shape index (κ1) is 8.26. The number of anilines is 1. The van der Waals surface area contributed by atoms with Gasteiger partial charge in [0.15, 0.2) is 0 Å². The van der Waals surface area contributed by atoms with Crippen LogP contribution in [0.2, 0.25) is 0 Å². The Kier molecular flexibility index (Phi) is 2.02. The Balaban J connectivity index is 2.53. The summed E-state index contributed by atoms with van der Waals surface area (Å²) in [4.78, 5) is 5.43. The zero-order valence-electron chi connectivity index (χ0n) is 7.32. The highest BCUT2D eigenvalue weighted by molar-refractivity contribution is 7.13. The maximum atomic E-state index is 5.86. The van der Waals surface area contributed by atoms with Gasteiger partial charge in [-0.3, -0.25) is 4.98 Å². The number of aryl methyl sites for hydroxylation is 1. The second-order valence-electron chi connectivity index (χ2n) is 2.93. The highest BCUT2D eigenvalue weighted by Crippen LogP contribution is 2.27. The average molecular weight is 190 g/mol. The number of aromatic nitrogens is 1. The van der Waals surface area contributed by atoms with Crippen molar-refractivity contribution in [3.8, 4) is 10.6 Å². The van der Waals surface area contributed by atoms with Gasteiger partial charge in [-0.1, -0.05) is 6.07 Å². The molecule has 0 spiro atoms. The van der Waals surface area contributed by atoms with Gasteiger partial charge in [-0.05, 0) is 30.0 Å². The lowest BCUT2D eigenvalue weighted by Gasteiger charge is -2.02. The largest absolute Gasteiger partial charge is 0.397 e. The molecule has 0 atom stereocenters. The molecule has 0 radical (unpaired) electrons. The number of nitrogen functional groups attached to an aromatic ring is 1. The van der Waals surface area contributed by atoms with Gasteiger partial charge in [-0.25, -0.2) is 0 Å². The molecule has 0 aromatic carbocycles. The number of hydrogen-bond donors (Lipinski definition) is 1. The van der Waals surface area contributed by atoms with E-state index in [9.17, 15) is 0 Å². The summed E-state index contributed by atoms with van der Waals surface area (Å²) in [5.74, 6) is 0. The maximum Gasteiger partial charge on any atom is 0.103 e. The van der Waals surface area contributed by atoms with Gasteiger partial charge < -0.3 is 5.73 Å². The maximum absolute atomic E-state index is 5.86. The topological polar surface area (TPSA) is 38.9 Å². The highest BCUT2D eigenvalue weighted by atomic mass is 32.1. The van der Waals surface area contributed by atoms with E-state index in [1.807, 2.05) is 36.7 Å². The molecule has 0 fully saturated rings. The van der Waals surface area contributed by atoms with E-state index in [1.165, 1.54) is 0 Å². The third-order valence-corrected chi connectivity index (χ3v) is 2.69. The Hall–Kier alpha value is -1.35. The van der Waals surface area contributed by atoms with Crippen LogP contribution in [-0.4, -0.2) is 4.98 Å². The van der Waals surface area contributed by atoms with Crippen molar-refractivity contribution in [3.63, 3.8) is 0 Å². The molecule has 2 aromatic heterocycles. The van der Waals surface area contributed by atoms with Crippen LogP contribution in [-0.2, 0) is 0 Å². The summed E-state index contributed by atoms with van der Waals surface area (Å²) in [7, 11) is 0. The molecule has 2 heterocycles. The van der Waals surface area contributed by atoms with Crippen LogP contribution >= 0.6 is 11.3 Å². The Morgan fingerprint density at radius 3 is 2.92 bits per heavy atom. The summed E-state index contributed by atoms with van der Waals surface area (Å²) < 4.78 is 0. The van der Waals surface area contributed by atoms with Crippen LogP contribution in [0.1, 0.15) is 5.56 Å². The van der Waals surface area contributed by atoms with E-state index >= 15 is 0 Å². The molecule has 3 heteroatoms. The molecule has 66 valence electrons. The minimum atomic E-state index is 0.752. The predicted molar refractivity (Wildman–Crippen MR) is 56.7 cm³/mol. The smallest absolute Gasteiger partial charge is 0.103 e. The highest BCUT2D eigenvalue weighted by Gasteiger charge is 2.04. The first-order valence-corrected chi connectivity index (χ1v) is 4.91. The van der Waals surface area contributed by atoms with Crippen molar-refractivity contribution in [1.29, 1.82) is 0 Å². The lowest BCUT2D eigenvalue weighted by Crippen LogP contribution is -1.92. The van der Waals surface area contributed by atoms with E-state index in [0.717, 1.165) is 21.8 Å². The van der Waals surface area contributed by atoms with Crippen LogP contribution in [0.4, 0.5) is 5.69 Å². The lowest BCUT2D eigenvalue weighted by molar-refractivity contribution is 1.28. The Morgan fingerprint density at radius 1 is 1.46 bits per heavy atom. The summed E-state index contributed by atoms with van der Waals surface area (Å²) in [6.45, 7) is 1.99. The first-order chi connectivity index (χ1) is 6.27. The zero-order chi connectivity index (χ0) is 9.26. The summed E-state index contributed by atoms with van der Waals surface area (Å²) in [5, 5.41) is 2.02. The molecule has 0 amide bonds. The van der Waals surface area contributed by atoms with Crippen LogP contribution in [0, 0.1) is 6.92 Å². The van der Waals surface area contributed by atoms with Gasteiger partial charge in [0, 0.05) is 6.20 Å². The SMILES string of the molecule is Cc1cnc(-c2cccs2)c(N)c1. The summed E-state index contributed by atoms with van der Waals surface area (Å²) in [6, 6.07) is 5.97. The zero-order valence-corrected chi connectivity index (χ0v) is 8.14. The quantitative estimate of drug-likeness (QED) is 0.751. The minimum Gasteiger partial charge on any atom is -0.397 e. The van der Waals surface area contributed by atoms with Gasteiger partial charge >= 0.3 is 0 Å². The van der Waals surface area contributed by atoms with Crippen molar-refractivity contribution >= 4 is 17.0 Å². The first-order valence-electron chi connectivity index (χ1n) is 4.03. The van der Waals surface area contributed by atoms with Crippen molar-refractivity contribution in [2.24, 2.45) is 0 Å². The molecule has 0 bridgehead atoms. The second kappa shape index (κ2) is 3.18. The second-order valence-corrected chi connectivity index (χ2v) is 3.88. The van der Waals surface area contributed by atoms with Crippen molar-refractivity contribution in [3.05, 3.63) is 35.3 Å². The van der Waals surface area contributed by atoms with Gasteiger partial charge in [-0.2, -0.15) is 0 Å². The predicted octanol–water partition coefficient (Wildman–Crippen LogP) is 2.70. The number of rotatable bonds is 1. The fourth-order valence-electron chi connectivity index (χ4n) is 1.21. The van der Waals surface area contributed by atoms with Gasteiger partial charge in [0.2, 0.25) is 0 Å². The molecule has 0 unspecified atom stereocenters. The molecule has 0 aliphatic heterocycles.